The van der Waals surface area contributed by atoms with Crippen molar-refractivity contribution in [2.45, 2.75) is 88.6 Å². The number of aromatic amines is 2. The number of hydrogen-bond acceptors (Lipinski definition) is 8. The van der Waals surface area contributed by atoms with Crippen LogP contribution in [0.2, 0.25) is 0 Å². The zero-order valence-electron chi connectivity index (χ0n) is 32.7. The lowest BCUT2D eigenvalue weighted by Gasteiger charge is -2.35. The van der Waals surface area contributed by atoms with E-state index < -0.39 is 24.3 Å². The fourth-order valence-corrected chi connectivity index (χ4v) is 9.46. The summed E-state index contributed by atoms with van der Waals surface area (Å²) in [7, 11) is 1.30. The van der Waals surface area contributed by atoms with Gasteiger partial charge in [-0.05, 0) is 97.1 Å². The van der Waals surface area contributed by atoms with Crippen molar-refractivity contribution in [2.24, 2.45) is 23.7 Å². The van der Waals surface area contributed by atoms with E-state index in [-0.39, 0.29) is 47.8 Å². The van der Waals surface area contributed by atoms with Gasteiger partial charge in [-0.3, -0.25) is 9.59 Å². The maximum absolute atomic E-state index is 14.0. The van der Waals surface area contributed by atoms with Gasteiger partial charge in [-0.2, -0.15) is 0 Å². The Labute approximate surface area is 335 Å². The molecule has 2 unspecified atom stereocenters. The summed E-state index contributed by atoms with van der Waals surface area (Å²) in [6.45, 7) is 4.86. The number of piperidine rings is 2. The highest BCUT2D eigenvalue weighted by Gasteiger charge is 2.57. The number of alkyl carbamates (subject to hydrolysis) is 1. The van der Waals surface area contributed by atoms with E-state index in [9.17, 15) is 24.3 Å². The molecule has 3 saturated heterocycles. The number of H-pyrrole nitrogens is 2. The van der Waals surface area contributed by atoms with Gasteiger partial charge in [-0.25, -0.2) is 19.6 Å². The smallest absolute Gasteiger partial charge is 0.407 e. The minimum Gasteiger partial charge on any atom is -0.465 e. The molecule has 0 spiro atoms. The number of carbonyl (C=O) groups excluding carboxylic acids is 3. The fraction of sp³-hybridized carbons (Fsp3) is 0.488. The molecule has 5 aliphatic rings. The van der Waals surface area contributed by atoms with Crippen molar-refractivity contribution >= 4 is 34.8 Å². The molecule has 8 atom stereocenters. The van der Waals surface area contributed by atoms with Crippen LogP contribution in [0.15, 0.2) is 48.8 Å². The van der Waals surface area contributed by atoms with Crippen LogP contribution >= 0.6 is 0 Å². The molecule has 58 heavy (non-hydrogen) atoms. The van der Waals surface area contributed by atoms with Crippen LogP contribution in [0.25, 0.3) is 22.0 Å². The second kappa shape index (κ2) is 15.1. The number of carbonyl (C=O) groups is 4. The number of benzene rings is 2. The molecule has 0 radical (unpaired) electrons. The third kappa shape index (κ3) is 7.25. The highest BCUT2D eigenvalue weighted by molar-refractivity contribution is 5.89. The number of carboxylic acid groups (broad SMARTS) is 1. The van der Waals surface area contributed by atoms with Gasteiger partial charge < -0.3 is 45.0 Å². The van der Waals surface area contributed by atoms with E-state index in [1.165, 1.54) is 7.11 Å². The minimum atomic E-state index is -1.20. The van der Waals surface area contributed by atoms with Crippen LogP contribution in [0.3, 0.4) is 0 Å². The third-order valence-corrected chi connectivity index (χ3v) is 12.7. The predicted molar refractivity (Wildman–Crippen MR) is 211 cm³/mol. The summed E-state index contributed by atoms with van der Waals surface area (Å²) in [6.07, 6.45) is 6.60. The lowest BCUT2D eigenvalue weighted by molar-refractivity contribution is -0.138. The van der Waals surface area contributed by atoms with Gasteiger partial charge in [0.1, 0.15) is 29.4 Å². The predicted octanol–water partition coefficient (Wildman–Crippen LogP) is 5.12. The number of amides is 4. The van der Waals surface area contributed by atoms with Crippen molar-refractivity contribution in [1.82, 2.24) is 40.4 Å². The molecular formula is C43H48N8O7. The van der Waals surface area contributed by atoms with Crippen LogP contribution in [0.1, 0.15) is 87.4 Å². The van der Waals surface area contributed by atoms with Gasteiger partial charge in [-0.1, -0.05) is 38.0 Å². The number of methoxy groups -OCH3 is 1. The quantitative estimate of drug-likeness (QED) is 0.143. The molecule has 5 heterocycles. The highest BCUT2D eigenvalue weighted by atomic mass is 16.5. The molecule has 4 aromatic rings. The number of fused-ring (bicyclic) bond motifs is 3. The summed E-state index contributed by atoms with van der Waals surface area (Å²) in [4.78, 5) is 71.7. The summed E-state index contributed by atoms with van der Waals surface area (Å²) in [6, 6.07) is 10.5. The first-order valence-corrected chi connectivity index (χ1v) is 20.3. The minimum absolute atomic E-state index is 0.0999. The van der Waals surface area contributed by atoms with Gasteiger partial charge in [0.15, 0.2) is 0 Å². The fourth-order valence-electron chi connectivity index (χ4n) is 9.46. The number of ether oxygens (including phenoxy) is 2. The molecule has 0 bridgehead atoms. The van der Waals surface area contributed by atoms with Crippen LogP contribution in [0, 0.1) is 35.5 Å². The van der Waals surface area contributed by atoms with E-state index in [4.69, 9.17) is 19.4 Å². The Morgan fingerprint density at radius 1 is 0.845 bits per heavy atom. The summed E-state index contributed by atoms with van der Waals surface area (Å²) in [5, 5.41) is 16.9. The third-order valence-electron chi connectivity index (χ3n) is 12.7. The summed E-state index contributed by atoms with van der Waals surface area (Å²) in [5.41, 5.74) is 3.13. The van der Waals surface area contributed by atoms with Crippen molar-refractivity contribution in [2.75, 3.05) is 20.3 Å². The van der Waals surface area contributed by atoms with Crippen LogP contribution in [-0.2, 0) is 19.1 Å². The second-order valence-electron chi connectivity index (χ2n) is 16.7. The van der Waals surface area contributed by atoms with E-state index >= 15 is 0 Å². The molecule has 15 nitrogen and oxygen atoms in total. The summed E-state index contributed by atoms with van der Waals surface area (Å²) >= 11 is 0. The average molecular weight is 789 g/mol. The Hall–Kier alpha value is -5.88. The van der Waals surface area contributed by atoms with Crippen LogP contribution < -0.4 is 10.6 Å². The number of nitrogens with zero attached hydrogens (tertiary/aromatic N) is 4. The number of aromatic nitrogens is 4. The first kappa shape index (κ1) is 37.7. The maximum Gasteiger partial charge on any atom is 0.407 e. The molecule has 15 heteroatoms. The van der Waals surface area contributed by atoms with Crippen molar-refractivity contribution in [3.8, 4) is 23.1 Å². The van der Waals surface area contributed by atoms with E-state index in [1.54, 1.807) is 6.20 Å². The van der Waals surface area contributed by atoms with E-state index in [0.717, 1.165) is 59.1 Å². The van der Waals surface area contributed by atoms with Crippen molar-refractivity contribution in [3.05, 3.63) is 71.7 Å². The molecule has 3 aliphatic heterocycles. The molecule has 5 N–H and O–H groups in total. The highest BCUT2D eigenvalue weighted by Crippen LogP contribution is 2.54. The Kier molecular flexibility index (Phi) is 9.83. The normalized spacial score (nSPS) is 25.7. The molecule has 302 valence electrons. The van der Waals surface area contributed by atoms with E-state index in [0.29, 0.717) is 49.4 Å². The van der Waals surface area contributed by atoms with Crippen LogP contribution in [0.4, 0.5) is 9.59 Å². The van der Waals surface area contributed by atoms with Gasteiger partial charge >= 0.3 is 12.2 Å². The molecule has 4 amide bonds. The zero-order chi connectivity index (χ0) is 40.2. The van der Waals surface area contributed by atoms with Crippen LogP contribution in [-0.4, -0.2) is 103 Å². The SMILES string of the molecule is COC(=O)NC(C(=O)N1[C@@H]2C[C@@H]2C[C@H]1c1nc(-c2ccc3cc(C#Cc4c[nH]c([C@@H]5C[C@H]6C[C@H]6N5C(=O)C(NC(=O)O)C5CCOCC5)n4)ccc3c2)c[nH]1)C(C)C. The first-order valence-electron chi connectivity index (χ1n) is 20.3. The van der Waals surface area contributed by atoms with Crippen LogP contribution in [0.5, 0.6) is 0 Å². The van der Waals surface area contributed by atoms with Gasteiger partial charge in [0.25, 0.3) is 0 Å². The standard InChI is InChI=1S/C43H48N8O7/c1-22(2)36(49-43(56)57-3)40(52)50-32-16-29(32)19-35(50)39-45-21-31(47-39)27-8-7-25-14-23(4-6-26(25)15-27)5-9-30-20-44-38(46-30)34-18-28-17-33(28)51(34)41(53)37(48-42(54)55)24-10-12-58-13-11-24/h4,6-8,14-15,20-22,24,28-29,32-37,48H,10-13,16-19H2,1-3H3,(H,44,46)(H,45,47)(H,49,56)(H,54,55)/t28-,29-,32-,33-,34+,35+,36?,37?/m1/s1. The number of likely N-dealkylation sites (tertiary alicyclic amines) is 2. The van der Waals surface area contributed by atoms with Crippen molar-refractivity contribution in [3.63, 3.8) is 0 Å². The average Bonchev–Trinajstić information content (AvgIpc) is 3.82. The zero-order valence-corrected chi connectivity index (χ0v) is 32.7. The van der Waals surface area contributed by atoms with Gasteiger partial charge in [0.2, 0.25) is 11.8 Å². The Balaban J connectivity index is 0.880. The molecule has 9 rings (SSSR count). The molecule has 2 aromatic carbocycles. The lowest BCUT2D eigenvalue weighted by Crippen LogP contribution is -2.53. The lowest BCUT2D eigenvalue weighted by atomic mass is 9.90. The largest absolute Gasteiger partial charge is 0.465 e. The van der Waals surface area contributed by atoms with Gasteiger partial charge in [0.05, 0.1) is 24.9 Å². The second-order valence-corrected chi connectivity index (χ2v) is 16.7. The van der Waals surface area contributed by atoms with Gasteiger partial charge in [0, 0.05) is 48.8 Å². The Morgan fingerprint density at radius 2 is 1.50 bits per heavy atom. The Bertz CT molecular complexity index is 2320. The molecule has 2 aromatic heterocycles. The van der Waals surface area contributed by atoms with Gasteiger partial charge in [-0.15, -0.1) is 0 Å². The molecule has 2 aliphatic carbocycles. The molecule has 5 fully saturated rings. The summed E-state index contributed by atoms with van der Waals surface area (Å²) in [5.74, 6) is 8.13. The number of rotatable bonds is 9. The maximum atomic E-state index is 14.0. The first-order chi connectivity index (χ1) is 28.1. The monoisotopic (exact) mass is 788 g/mol. The van der Waals surface area contributed by atoms with E-state index in [1.807, 2.05) is 60.2 Å². The number of hydrogen-bond donors (Lipinski definition) is 5. The Morgan fingerprint density at radius 3 is 2.19 bits per heavy atom. The summed E-state index contributed by atoms with van der Waals surface area (Å²) < 4.78 is 10.3. The molecular weight excluding hydrogens is 741 g/mol. The topological polar surface area (TPSA) is 195 Å². The number of imidazole rings is 2. The number of nitrogens with one attached hydrogen (secondary N) is 4. The van der Waals surface area contributed by atoms with Crippen molar-refractivity contribution in [1.29, 1.82) is 0 Å². The van der Waals surface area contributed by atoms with Crippen molar-refractivity contribution < 1.29 is 33.8 Å². The van der Waals surface area contributed by atoms with E-state index in [2.05, 4.69) is 38.5 Å². The molecule has 2 saturated carbocycles.